The van der Waals surface area contributed by atoms with Crippen LogP contribution in [0.25, 0.3) is 6.08 Å². The Balaban J connectivity index is 1.99. The number of rotatable bonds is 7. The maximum absolute atomic E-state index is 11.9. The molecule has 0 aromatic heterocycles. The van der Waals surface area contributed by atoms with Gasteiger partial charge < -0.3 is 20.0 Å². The Morgan fingerprint density at radius 2 is 1.76 bits per heavy atom. The third kappa shape index (κ3) is 5.97. The summed E-state index contributed by atoms with van der Waals surface area (Å²) in [6.45, 7) is 1.69. The second kappa shape index (κ2) is 8.89. The van der Waals surface area contributed by atoms with Crippen molar-refractivity contribution in [3.8, 4) is 5.75 Å². The van der Waals surface area contributed by atoms with Gasteiger partial charge in [0.2, 0.25) is 0 Å². The topological polar surface area (TPSA) is 78.5 Å². The van der Waals surface area contributed by atoms with Gasteiger partial charge in [-0.3, -0.25) is 4.79 Å². The van der Waals surface area contributed by atoms with Gasteiger partial charge in [-0.2, -0.15) is 0 Å². The van der Waals surface area contributed by atoms with Crippen LogP contribution in [0.1, 0.15) is 18.1 Å². The molecule has 0 atom stereocenters. The van der Waals surface area contributed by atoms with Crippen LogP contribution in [0.5, 0.6) is 5.75 Å². The number of ether oxygens (including phenoxy) is 1. The van der Waals surface area contributed by atoms with Gasteiger partial charge in [-0.25, -0.2) is 0 Å². The van der Waals surface area contributed by atoms with Crippen LogP contribution in [0.15, 0.2) is 54.2 Å². The van der Waals surface area contributed by atoms with Crippen molar-refractivity contribution in [2.75, 3.05) is 6.61 Å². The summed E-state index contributed by atoms with van der Waals surface area (Å²) in [6, 6.07) is 13.8. The first-order valence-corrected chi connectivity index (χ1v) is 8.06. The number of halogens is 1. The molecule has 0 saturated carbocycles. The fraction of sp³-hybridized carbons (Fsp3) is 0.158. The molecule has 0 fully saturated rings. The van der Waals surface area contributed by atoms with Crippen molar-refractivity contribution >= 4 is 29.6 Å². The Kier molecular flexibility index (Phi) is 6.60. The number of carboxylic acid groups (broad SMARTS) is 1. The number of hydrogen-bond acceptors (Lipinski definition) is 4. The van der Waals surface area contributed by atoms with Gasteiger partial charge in [-0.15, -0.1) is 0 Å². The minimum atomic E-state index is -1.47. The molecule has 0 unspecified atom stereocenters. The van der Waals surface area contributed by atoms with E-state index in [4.69, 9.17) is 16.3 Å². The fourth-order valence-electron chi connectivity index (χ4n) is 2.03. The highest BCUT2D eigenvalue weighted by molar-refractivity contribution is 6.30. The van der Waals surface area contributed by atoms with Crippen LogP contribution in [-0.4, -0.2) is 18.5 Å². The lowest BCUT2D eigenvalue weighted by Gasteiger charge is -2.12. The molecule has 0 bridgehead atoms. The Bertz CT molecular complexity index is 767. The van der Waals surface area contributed by atoms with E-state index < -0.39 is 11.9 Å². The summed E-state index contributed by atoms with van der Waals surface area (Å²) in [7, 11) is 0. The summed E-state index contributed by atoms with van der Waals surface area (Å²) >= 11 is 5.76. The first-order chi connectivity index (χ1) is 12.0. The van der Waals surface area contributed by atoms with Gasteiger partial charge in [0.25, 0.3) is 5.91 Å². The number of amides is 1. The molecular weight excluding hydrogens is 342 g/mol. The molecule has 25 heavy (non-hydrogen) atoms. The van der Waals surface area contributed by atoms with Gasteiger partial charge in [0.05, 0.1) is 11.7 Å². The van der Waals surface area contributed by atoms with Crippen LogP contribution >= 0.6 is 11.6 Å². The molecule has 0 aliphatic heterocycles. The summed E-state index contributed by atoms with van der Waals surface area (Å²) < 4.78 is 5.27. The normalized spacial score (nSPS) is 11.0. The average molecular weight is 359 g/mol. The van der Waals surface area contributed by atoms with Gasteiger partial charge in [-0.1, -0.05) is 42.8 Å². The summed E-state index contributed by atoms with van der Waals surface area (Å²) in [4.78, 5) is 23.1. The number of aryl methyl sites for hydroxylation is 1. The van der Waals surface area contributed by atoms with Crippen molar-refractivity contribution < 1.29 is 19.4 Å². The molecule has 0 saturated heterocycles. The van der Waals surface area contributed by atoms with Gasteiger partial charge >= 0.3 is 0 Å². The van der Waals surface area contributed by atoms with E-state index in [1.54, 1.807) is 36.4 Å². The number of carbonyl (C=O) groups excluding carboxylic acids is 2. The van der Waals surface area contributed by atoms with Crippen molar-refractivity contribution in [1.29, 1.82) is 0 Å². The van der Waals surface area contributed by atoms with E-state index in [1.807, 2.05) is 19.1 Å². The van der Waals surface area contributed by atoms with E-state index in [9.17, 15) is 14.7 Å². The van der Waals surface area contributed by atoms with E-state index >= 15 is 0 Å². The Morgan fingerprint density at radius 3 is 2.32 bits per heavy atom. The summed E-state index contributed by atoms with van der Waals surface area (Å²) in [5, 5.41) is 14.1. The molecule has 5 nitrogen and oxygen atoms in total. The van der Waals surface area contributed by atoms with Gasteiger partial charge in [-0.05, 0) is 47.9 Å². The van der Waals surface area contributed by atoms with Crippen molar-refractivity contribution in [3.05, 3.63) is 70.4 Å². The van der Waals surface area contributed by atoms with E-state index in [2.05, 4.69) is 5.32 Å². The molecule has 1 N–H and O–H groups in total. The first kappa shape index (κ1) is 18.5. The van der Waals surface area contributed by atoms with Crippen LogP contribution in [0, 0.1) is 0 Å². The predicted octanol–water partition coefficient (Wildman–Crippen LogP) is 2.19. The lowest BCUT2D eigenvalue weighted by atomic mass is 10.1. The highest BCUT2D eigenvalue weighted by atomic mass is 35.5. The fourth-order valence-corrected chi connectivity index (χ4v) is 2.15. The monoisotopic (exact) mass is 358 g/mol. The molecule has 0 aliphatic rings. The Hall–Kier alpha value is -2.79. The van der Waals surface area contributed by atoms with Crippen LogP contribution < -0.4 is 15.2 Å². The number of hydrogen-bond donors (Lipinski definition) is 1. The predicted molar refractivity (Wildman–Crippen MR) is 93.9 cm³/mol. The van der Waals surface area contributed by atoms with Crippen molar-refractivity contribution in [2.24, 2.45) is 0 Å². The minimum Gasteiger partial charge on any atom is -0.543 e. The second-order valence-electron chi connectivity index (χ2n) is 5.23. The van der Waals surface area contributed by atoms with E-state index in [0.717, 1.165) is 12.0 Å². The Morgan fingerprint density at radius 1 is 1.12 bits per heavy atom. The van der Waals surface area contributed by atoms with Gasteiger partial charge in [0, 0.05) is 5.02 Å². The molecule has 1 amide bonds. The molecule has 0 spiro atoms. The standard InChI is InChI=1S/C19H18ClNO4/c1-2-13-3-5-14(6-4-13)11-17(19(23)24)21-18(22)12-25-16-9-7-15(20)8-10-16/h3-11H,2,12H2,1H3,(H,21,22)(H,23,24)/p-1/b17-11-. The van der Waals surface area contributed by atoms with Crippen LogP contribution in [0.3, 0.4) is 0 Å². The maximum atomic E-state index is 11.9. The van der Waals surface area contributed by atoms with E-state index in [-0.39, 0.29) is 12.3 Å². The summed E-state index contributed by atoms with van der Waals surface area (Å²) in [5.41, 5.74) is 1.46. The number of nitrogens with one attached hydrogen (secondary N) is 1. The number of benzene rings is 2. The third-order valence-electron chi connectivity index (χ3n) is 3.38. The zero-order valence-corrected chi connectivity index (χ0v) is 14.4. The molecule has 0 heterocycles. The van der Waals surface area contributed by atoms with E-state index in [1.165, 1.54) is 6.08 Å². The highest BCUT2D eigenvalue weighted by Gasteiger charge is 2.07. The van der Waals surface area contributed by atoms with Crippen molar-refractivity contribution in [1.82, 2.24) is 5.32 Å². The molecule has 0 radical (unpaired) electrons. The van der Waals surface area contributed by atoms with Gasteiger partial charge in [0.15, 0.2) is 6.61 Å². The summed E-state index contributed by atoms with van der Waals surface area (Å²) in [6.07, 6.45) is 2.23. The zero-order chi connectivity index (χ0) is 18.2. The molecular formula is C19H17ClNO4-. The largest absolute Gasteiger partial charge is 0.543 e. The average Bonchev–Trinajstić information content (AvgIpc) is 2.61. The number of carbonyl (C=O) groups is 2. The SMILES string of the molecule is CCc1ccc(/C=C(\NC(=O)COc2ccc(Cl)cc2)C(=O)[O-])cc1. The zero-order valence-electron chi connectivity index (χ0n) is 13.6. The molecule has 2 aromatic rings. The molecule has 0 aliphatic carbocycles. The van der Waals surface area contributed by atoms with Crippen LogP contribution in [0.4, 0.5) is 0 Å². The van der Waals surface area contributed by atoms with Gasteiger partial charge in [0.1, 0.15) is 5.75 Å². The van der Waals surface area contributed by atoms with Crippen molar-refractivity contribution in [2.45, 2.75) is 13.3 Å². The molecule has 130 valence electrons. The van der Waals surface area contributed by atoms with Crippen molar-refractivity contribution in [3.63, 3.8) is 0 Å². The quantitative estimate of drug-likeness (QED) is 0.769. The lowest BCUT2D eigenvalue weighted by molar-refractivity contribution is -0.299. The third-order valence-corrected chi connectivity index (χ3v) is 3.63. The number of aliphatic carboxylic acids is 1. The van der Waals surface area contributed by atoms with Crippen LogP contribution in [0.2, 0.25) is 5.02 Å². The molecule has 2 rings (SSSR count). The Labute approximate surface area is 150 Å². The maximum Gasteiger partial charge on any atom is 0.262 e. The minimum absolute atomic E-state index is 0.325. The molecule has 2 aromatic carbocycles. The van der Waals surface area contributed by atoms with E-state index in [0.29, 0.717) is 16.3 Å². The molecule has 6 heteroatoms. The smallest absolute Gasteiger partial charge is 0.262 e. The number of carboxylic acids is 1. The highest BCUT2D eigenvalue weighted by Crippen LogP contribution is 2.15. The first-order valence-electron chi connectivity index (χ1n) is 7.68. The second-order valence-corrected chi connectivity index (χ2v) is 5.67. The summed E-state index contributed by atoms with van der Waals surface area (Å²) in [5.74, 6) is -1.62. The van der Waals surface area contributed by atoms with Crippen LogP contribution in [-0.2, 0) is 16.0 Å². The lowest BCUT2D eigenvalue weighted by Crippen LogP contribution is -2.37.